The van der Waals surface area contributed by atoms with Gasteiger partial charge in [-0.2, -0.15) is 5.26 Å². The minimum Gasteiger partial charge on any atom is -0.379 e. The number of carbonyl (C=O) groups excluding carboxylic acids is 1. The second-order valence-electron chi connectivity index (χ2n) is 2.27. The first-order valence-corrected chi connectivity index (χ1v) is 3.36. The van der Waals surface area contributed by atoms with E-state index >= 15 is 0 Å². The lowest BCUT2D eigenvalue weighted by Crippen LogP contribution is -2.40. The zero-order valence-corrected chi connectivity index (χ0v) is 5.96. The van der Waals surface area contributed by atoms with Crippen molar-refractivity contribution in [2.24, 2.45) is 0 Å². The summed E-state index contributed by atoms with van der Waals surface area (Å²) in [5, 5.41) is 12.6. The molecule has 1 fully saturated rings. The average molecular weight is 155 g/mol. The number of nitrogens with zero attached hydrogens (tertiary/aromatic N) is 1. The number of nitriles is 1. The highest BCUT2D eigenvalue weighted by Gasteiger charge is 2.16. The van der Waals surface area contributed by atoms with Gasteiger partial charge in [0.15, 0.2) is 6.19 Å². The molecule has 0 radical (unpaired) electrons. The summed E-state index contributed by atoms with van der Waals surface area (Å²) in [5.41, 5.74) is 0. The molecule has 5 heteroatoms. The van der Waals surface area contributed by atoms with Gasteiger partial charge in [-0.05, 0) is 6.42 Å². The fourth-order valence-corrected chi connectivity index (χ4v) is 0.921. The number of urea groups is 1. The molecule has 0 saturated carbocycles. The van der Waals surface area contributed by atoms with Gasteiger partial charge in [0.1, 0.15) is 0 Å². The van der Waals surface area contributed by atoms with Gasteiger partial charge in [0.2, 0.25) is 0 Å². The van der Waals surface area contributed by atoms with Crippen LogP contribution in [0.15, 0.2) is 0 Å². The smallest absolute Gasteiger partial charge is 0.328 e. The van der Waals surface area contributed by atoms with Crippen LogP contribution in [-0.2, 0) is 4.74 Å². The van der Waals surface area contributed by atoms with Gasteiger partial charge in [-0.15, -0.1) is 0 Å². The Morgan fingerprint density at radius 1 is 1.73 bits per heavy atom. The van der Waals surface area contributed by atoms with Gasteiger partial charge >= 0.3 is 6.03 Å². The van der Waals surface area contributed by atoms with Gasteiger partial charge in [-0.25, -0.2) is 10.1 Å². The van der Waals surface area contributed by atoms with Gasteiger partial charge in [0.05, 0.1) is 12.6 Å². The fraction of sp³-hybridized carbons (Fsp3) is 0.667. The summed E-state index contributed by atoms with van der Waals surface area (Å²) < 4.78 is 5.01. The molecule has 0 aliphatic carbocycles. The molecule has 1 atom stereocenters. The lowest BCUT2D eigenvalue weighted by atomic mass is 10.3. The second kappa shape index (κ2) is 3.78. The van der Waals surface area contributed by atoms with Crippen molar-refractivity contribution >= 4 is 6.03 Å². The molecule has 1 aliphatic heterocycles. The molecule has 0 bridgehead atoms. The van der Waals surface area contributed by atoms with Crippen molar-refractivity contribution in [1.29, 1.82) is 5.26 Å². The van der Waals surface area contributed by atoms with Gasteiger partial charge in [0, 0.05) is 6.61 Å². The van der Waals surface area contributed by atoms with Crippen LogP contribution in [0.25, 0.3) is 0 Å². The number of amides is 2. The number of carbonyl (C=O) groups is 1. The van der Waals surface area contributed by atoms with Crippen LogP contribution in [0.5, 0.6) is 0 Å². The van der Waals surface area contributed by atoms with Crippen molar-refractivity contribution in [2.75, 3.05) is 13.2 Å². The Morgan fingerprint density at radius 3 is 3.09 bits per heavy atom. The van der Waals surface area contributed by atoms with Crippen molar-refractivity contribution < 1.29 is 9.53 Å². The normalized spacial score (nSPS) is 22.3. The maximum atomic E-state index is 10.7. The lowest BCUT2D eigenvalue weighted by Gasteiger charge is -2.07. The molecule has 1 unspecified atom stereocenters. The molecule has 5 nitrogen and oxygen atoms in total. The molecule has 1 aliphatic rings. The molecule has 2 N–H and O–H groups in total. The van der Waals surface area contributed by atoms with Crippen LogP contribution in [-0.4, -0.2) is 25.3 Å². The van der Waals surface area contributed by atoms with Gasteiger partial charge in [0.25, 0.3) is 0 Å². The maximum absolute atomic E-state index is 10.7. The first-order valence-electron chi connectivity index (χ1n) is 3.36. The number of hydrogen-bond acceptors (Lipinski definition) is 3. The van der Waals surface area contributed by atoms with Crippen molar-refractivity contribution in [1.82, 2.24) is 10.6 Å². The zero-order valence-electron chi connectivity index (χ0n) is 5.96. The molecule has 11 heavy (non-hydrogen) atoms. The van der Waals surface area contributed by atoms with Crippen molar-refractivity contribution in [3.63, 3.8) is 0 Å². The van der Waals surface area contributed by atoms with Crippen LogP contribution in [0.2, 0.25) is 0 Å². The summed E-state index contributed by atoms with van der Waals surface area (Å²) >= 11 is 0. The van der Waals surface area contributed by atoms with E-state index in [2.05, 4.69) is 5.32 Å². The Kier molecular flexibility index (Phi) is 2.69. The standard InChI is InChI=1S/C6H9N3O2/c7-4-8-6(10)9-5-1-2-11-3-5/h5H,1-3H2,(H2,8,9,10). The Balaban J connectivity index is 2.19. The van der Waals surface area contributed by atoms with Crippen molar-refractivity contribution in [3.05, 3.63) is 0 Å². The molecular formula is C6H9N3O2. The molecule has 0 spiro atoms. The molecule has 0 aromatic carbocycles. The quantitative estimate of drug-likeness (QED) is 0.398. The van der Waals surface area contributed by atoms with Gasteiger partial charge in [-0.1, -0.05) is 0 Å². The van der Waals surface area contributed by atoms with Crippen molar-refractivity contribution in [3.8, 4) is 6.19 Å². The highest BCUT2D eigenvalue weighted by molar-refractivity contribution is 5.75. The third kappa shape index (κ3) is 2.43. The topological polar surface area (TPSA) is 74.2 Å². The van der Waals surface area contributed by atoms with E-state index in [-0.39, 0.29) is 6.04 Å². The highest BCUT2D eigenvalue weighted by Crippen LogP contribution is 2.02. The minimum atomic E-state index is -0.456. The Labute approximate surface area is 64.3 Å². The molecule has 1 heterocycles. The number of hydrogen-bond donors (Lipinski definition) is 2. The number of rotatable bonds is 1. The van der Waals surface area contributed by atoms with E-state index in [9.17, 15) is 4.79 Å². The lowest BCUT2D eigenvalue weighted by molar-refractivity contribution is 0.189. The third-order valence-corrected chi connectivity index (χ3v) is 1.43. The van der Waals surface area contributed by atoms with Crippen molar-refractivity contribution in [2.45, 2.75) is 12.5 Å². The summed E-state index contributed by atoms with van der Waals surface area (Å²) in [4.78, 5) is 10.7. The summed E-state index contributed by atoms with van der Waals surface area (Å²) in [6.07, 6.45) is 2.36. The predicted molar refractivity (Wildman–Crippen MR) is 36.5 cm³/mol. The summed E-state index contributed by atoms with van der Waals surface area (Å²) in [7, 11) is 0. The molecule has 2 amide bonds. The molecule has 1 saturated heterocycles. The molecular weight excluding hydrogens is 146 g/mol. The average Bonchev–Trinajstić information content (AvgIpc) is 2.40. The predicted octanol–water partition coefficient (Wildman–Crippen LogP) is -0.444. The van der Waals surface area contributed by atoms with Gasteiger partial charge in [-0.3, -0.25) is 0 Å². The highest BCUT2D eigenvalue weighted by atomic mass is 16.5. The SMILES string of the molecule is N#CNC(=O)NC1CCOC1. The van der Waals surface area contributed by atoms with E-state index in [1.165, 1.54) is 6.19 Å². The van der Waals surface area contributed by atoms with E-state index in [1.807, 2.05) is 5.32 Å². The van der Waals surface area contributed by atoms with E-state index in [0.717, 1.165) is 6.42 Å². The fourth-order valence-electron chi connectivity index (χ4n) is 0.921. The van der Waals surface area contributed by atoms with E-state index < -0.39 is 6.03 Å². The van der Waals surface area contributed by atoms with Crippen LogP contribution in [0, 0.1) is 11.5 Å². The Hall–Kier alpha value is -1.28. The van der Waals surface area contributed by atoms with Gasteiger partial charge < -0.3 is 10.1 Å². The van der Waals surface area contributed by atoms with E-state index in [4.69, 9.17) is 10.00 Å². The summed E-state index contributed by atoms with van der Waals surface area (Å²) in [6, 6.07) is -0.397. The first-order chi connectivity index (χ1) is 5.33. The largest absolute Gasteiger partial charge is 0.379 e. The van der Waals surface area contributed by atoms with E-state index in [1.54, 1.807) is 0 Å². The van der Waals surface area contributed by atoms with Crippen LogP contribution >= 0.6 is 0 Å². The van der Waals surface area contributed by atoms with Crippen LogP contribution in [0.3, 0.4) is 0 Å². The van der Waals surface area contributed by atoms with Crippen LogP contribution in [0.4, 0.5) is 4.79 Å². The minimum absolute atomic E-state index is 0.0587. The molecule has 60 valence electrons. The third-order valence-electron chi connectivity index (χ3n) is 1.43. The first kappa shape index (κ1) is 7.82. The monoisotopic (exact) mass is 155 g/mol. The van der Waals surface area contributed by atoms with E-state index in [0.29, 0.717) is 13.2 Å². The zero-order chi connectivity index (χ0) is 8.10. The summed E-state index contributed by atoms with van der Waals surface area (Å²) in [5.74, 6) is 0. The molecule has 0 aromatic rings. The molecule has 1 rings (SSSR count). The number of ether oxygens (including phenoxy) is 1. The van der Waals surface area contributed by atoms with Crippen LogP contribution in [0.1, 0.15) is 6.42 Å². The Bertz CT molecular complexity index is 181. The Morgan fingerprint density at radius 2 is 2.55 bits per heavy atom. The van der Waals surface area contributed by atoms with Crippen LogP contribution < -0.4 is 10.6 Å². The number of nitrogens with one attached hydrogen (secondary N) is 2. The summed E-state index contributed by atoms with van der Waals surface area (Å²) in [6.45, 7) is 1.22. The molecule has 0 aromatic heterocycles. The maximum Gasteiger partial charge on any atom is 0.328 e. The second-order valence-corrected chi connectivity index (χ2v) is 2.27.